The van der Waals surface area contributed by atoms with E-state index >= 15 is 0 Å². The summed E-state index contributed by atoms with van der Waals surface area (Å²) in [5.41, 5.74) is -0.332. The Kier molecular flexibility index (Phi) is 6.42. The molecule has 0 atom stereocenters. The van der Waals surface area contributed by atoms with Crippen LogP contribution in [0.2, 0.25) is 0 Å². The van der Waals surface area contributed by atoms with Gasteiger partial charge in [0.1, 0.15) is 5.75 Å². The summed E-state index contributed by atoms with van der Waals surface area (Å²) in [7, 11) is 0. The largest absolute Gasteiger partial charge is 0.484 e. The molecule has 138 valence electrons. The standard InChI is InChI=1S/C19H27NO5/c1-4-24-18(22)19(23)8-10-20(11-9-19)17(21)13-25-16-7-5-6-15(12-16)14(2)3/h5-7,12,14,23H,4,8-11,13H2,1-3H3. The SMILES string of the molecule is CCOC(=O)C1(O)CCN(C(=O)COc2cccc(C(C)C)c2)CC1. The molecule has 1 aromatic carbocycles. The van der Waals surface area contributed by atoms with Gasteiger partial charge in [0.2, 0.25) is 0 Å². The number of likely N-dealkylation sites (tertiary alicyclic amines) is 1. The van der Waals surface area contributed by atoms with Gasteiger partial charge in [-0.05, 0) is 30.5 Å². The zero-order valence-electron chi connectivity index (χ0n) is 15.2. The Morgan fingerprint density at radius 1 is 1.28 bits per heavy atom. The van der Waals surface area contributed by atoms with Crippen molar-refractivity contribution in [2.45, 2.75) is 45.1 Å². The molecule has 0 unspecified atom stereocenters. The topological polar surface area (TPSA) is 76.1 Å². The van der Waals surface area contributed by atoms with E-state index in [1.807, 2.05) is 24.3 Å². The zero-order valence-corrected chi connectivity index (χ0v) is 15.2. The van der Waals surface area contributed by atoms with Crippen molar-refractivity contribution in [3.05, 3.63) is 29.8 Å². The molecule has 1 saturated heterocycles. The van der Waals surface area contributed by atoms with Gasteiger partial charge in [0.15, 0.2) is 12.2 Å². The molecule has 1 N–H and O–H groups in total. The summed E-state index contributed by atoms with van der Waals surface area (Å²) >= 11 is 0. The maximum absolute atomic E-state index is 12.3. The van der Waals surface area contributed by atoms with Crippen LogP contribution < -0.4 is 4.74 Å². The molecule has 0 spiro atoms. The summed E-state index contributed by atoms with van der Waals surface area (Å²) in [5.74, 6) is 0.297. The summed E-state index contributed by atoms with van der Waals surface area (Å²) in [5, 5.41) is 10.3. The van der Waals surface area contributed by atoms with Crippen LogP contribution in [0.3, 0.4) is 0 Å². The monoisotopic (exact) mass is 349 g/mol. The number of benzene rings is 1. The van der Waals surface area contributed by atoms with E-state index < -0.39 is 11.6 Å². The average Bonchev–Trinajstić information content (AvgIpc) is 2.60. The molecule has 1 aromatic rings. The number of carbonyl (C=O) groups excluding carboxylic acids is 2. The Labute approximate surface area is 148 Å². The molecule has 1 aliphatic heterocycles. The van der Waals surface area contributed by atoms with Gasteiger partial charge in [0, 0.05) is 25.9 Å². The van der Waals surface area contributed by atoms with Crippen LogP contribution in [0, 0.1) is 0 Å². The first kappa shape index (κ1) is 19.2. The number of hydrogen-bond acceptors (Lipinski definition) is 5. The fourth-order valence-electron chi connectivity index (χ4n) is 2.80. The average molecular weight is 349 g/mol. The van der Waals surface area contributed by atoms with E-state index in [0.29, 0.717) is 24.8 Å². The fraction of sp³-hybridized carbons (Fsp3) is 0.579. The van der Waals surface area contributed by atoms with Crippen LogP contribution >= 0.6 is 0 Å². The second-order valence-corrected chi connectivity index (χ2v) is 6.65. The molecule has 6 heteroatoms. The molecule has 0 radical (unpaired) electrons. The highest BCUT2D eigenvalue weighted by molar-refractivity contribution is 5.81. The highest BCUT2D eigenvalue weighted by Gasteiger charge is 2.41. The Bertz CT molecular complexity index is 606. The zero-order chi connectivity index (χ0) is 18.4. The third kappa shape index (κ3) is 4.95. The fourth-order valence-corrected chi connectivity index (χ4v) is 2.80. The lowest BCUT2D eigenvalue weighted by Crippen LogP contribution is -2.52. The molecule has 1 fully saturated rings. The molecule has 6 nitrogen and oxygen atoms in total. The van der Waals surface area contributed by atoms with Crippen LogP contribution in [0.15, 0.2) is 24.3 Å². The number of esters is 1. The molecular formula is C19H27NO5. The van der Waals surface area contributed by atoms with Gasteiger partial charge in [-0.15, -0.1) is 0 Å². The van der Waals surface area contributed by atoms with Crippen LogP contribution in [0.1, 0.15) is 45.1 Å². The molecule has 2 rings (SSSR count). The third-order valence-corrected chi connectivity index (χ3v) is 4.49. The molecule has 1 amide bonds. The van der Waals surface area contributed by atoms with Gasteiger partial charge >= 0.3 is 5.97 Å². The predicted molar refractivity (Wildman–Crippen MR) is 93.4 cm³/mol. The van der Waals surface area contributed by atoms with Gasteiger partial charge in [0.25, 0.3) is 5.91 Å². The van der Waals surface area contributed by atoms with E-state index in [1.54, 1.807) is 11.8 Å². The van der Waals surface area contributed by atoms with Gasteiger partial charge < -0.3 is 19.5 Å². The lowest BCUT2D eigenvalue weighted by atomic mass is 9.91. The predicted octanol–water partition coefficient (Wildman–Crippen LogP) is 2.11. The Balaban J connectivity index is 1.85. The molecular weight excluding hydrogens is 322 g/mol. The highest BCUT2D eigenvalue weighted by Crippen LogP contribution is 2.24. The minimum Gasteiger partial charge on any atom is -0.484 e. The minimum atomic E-state index is -1.49. The molecule has 1 heterocycles. The van der Waals surface area contributed by atoms with E-state index in [9.17, 15) is 14.7 Å². The van der Waals surface area contributed by atoms with Gasteiger partial charge in [-0.25, -0.2) is 4.79 Å². The second-order valence-electron chi connectivity index (χ2n) is 6.65. The molecule has 0 aliphatic carbocycles. The first-order valence-corrected chi connectivity index (χ1v) is 8.76. The van der Waals surface area contributed by atoms with Gasteiger partial charge in [0.05, 0.1) is 6.61 Å². The molecule has 0 bridgehead atoms. The smallest absolute Gasteiger partial charge is 0.338 e. The number of nitrogens with zero attached hydrogens (tertiary/aromatic N) is 1. The number of ether oxygens (including phenoxy) is 2. The van der Waals surface area contributed by atoms with Crippen molar-refractivity contribution in [2.75, 3.05) is 26.3 Å². The maximum Gasteiger partial charge on any atom is 0.338 e. The lowest BCUT2D eigenvalue weighted by Gasteiger charge is -2.36. The normalized spacial score (nSPS) is 16.6. The first-order valence-electron chi connectivity index (χ1n) is 8.76. The Morgan fingerprint density at radius 2 is 1.96 bits per heavy atom. The van der Waals surface area contributed by atoms with Crippen molar-refractivity contribution < 1.29 is 24.2 Å². The second kappa shape index (κ2) is 8.34. The Hall–Kier alpha value is -2.08. The van der Waals surface area contributed by atoms with Crippen LogP contribution in [-0.4, -0.2) is 53.8 Å². The molecule has 25 heavy (non-hydrogen) atoms. The van der Waals surface area contributed by atoms with Gasteiger partial charge in [-0.3, -0.25) is 4.79 Å². The molecule has 0 saturated carbocycles. The minimum absolute atomic E-state index is 0.0562. The summed E-state index contributed by atoms with van der Waals surface area (Å²) in [4.78, 5) is 25.7. The van der Waals surface area contributed by atoms with Crippen molar-refractivity contribution in [1.82, 2.24) is 4.90 Å². The number of hydrogen-bond donors (Lipinski definition) is 1. The van der Waals surface area contributed by atoms with Crippen LogP contribution in [0.25, 0.3) is 0 Å². The summed E-state index contributed by atoms with van der Waals surface area (Å²) in [6, 6.07) is 7.71. The molecule has 1 aliphatic rings. The van der Waals surface area contributed by atoms with Crippen molar-refractivity contribution >= 4 is 11.9 Å². The Morgan fingerprint density at radius 3 is 2.56 bits per heavy atom. The molecule has 0 aromatic heterocycles. The number of piperidine rings is 1. The maximum atomic E-state index is 12.3. The van der Waals surface area contributed by atoms with Crippen molar-refractivity contribution in [1.29, 1.82) is 0 Å². The van der Waals surface area contributed by atoms with E-state index in [-0.39, 0.29) is 32.0 Å². The third-order valence-electron chi connectivity index (χ3n) is 4.49. The summed E-state index contributed by atoms with van der Waals surface area (Å²) in [6.45, 7) is 6.69. The number of aliphatic hydroxyl groups is 1. The van der Waals surface area contributed by atoms with Crippen LogP contribution in [-0.2, 0) is 14.3 Å². The van der Waals surface area contributed by atoms with Crippen molar-refractivity contribution in [3.8, 4) is 5.75 Å². The highest BCUT2D eigenvalue weighted by atomic mass is 16.5. The van der Waals surface area contributed by atoms with Crippen LogP contribution in [0.4, 0.5) is 0 Å². The quantitative estimate of drug-likeness (QED) is 0.796. The van der Waals surface area contributed by atoms with E-state index in [0.717, 1.165) is 5.56 Å². The number of carbonyl (C=O) groups is 2. The van der Waals surface area contributed by atoms with Crippen LogP contribution in [0.5, 0.6) is 5.75 Å². The summed E-state index contributed by atoms with van der Waals surface area (Å²) < 4.78 is 10.5. The van der Waals surface area contributed by atoms with E-state index in [2.05, 4.69) is 13.8 Å². The van der Waals surface area contributed by atoms with E-state index in [4.69, 9.17) is 9.47 Å². The number of amides is 1. The number of rotatable bonds is 6. The van der Waals surface area contributed by atoms with E-state index in [1.165, 1.54) is 0 Å². The summed E-state index contributed by atoms with van der Waals surface area (Å²) in [6.07, 6.45) is 0.362. The van der Waals surface area contributed by atoms with Gasteiger partial charge in [-0.2, -0.15) is 0 Å². The van der Waals surface area contributed by atoms with Gasteiger partial charge in [-0.1, -0.05) is 26.0 Å². The lowest BCUT2D eigenvalue weighted by molar-refractivity contribution is -0.171. The van der Waals surface area contributed by atoms with Crippen molar-refractivity contribution in [3.63, 3.8) is 0 Å². The van der Waals surface area contributed by atoms with Crippen molar-refractivity contribution in [2.24, 2.45) is 0 Å². The first-order chi connectivity index (χ1) is 11.9.